The van der Waals surface area contributed by atoms with Crippen molar-refractivity contribution < 1.29 is 25.4 Å². The first-order valence-electron chi connectivity index (χ1n) is 11.8. The van der Waals surface area contributed by atoms with Crippen LogP contribution in [0.2, 0.25) is 5.15 Å². The number of anilines is 1. The summed E-state index contributed by atoms with van der Waals surface area (Å²) < 4.78 is 72.4. The van der Waals surface area contributed by atoms with Crippen LogP contribution in [-0.2, 0) is 4.74 Å². The number of halogens is 4. The molecule has 0 bridgehead atoms. The normalized spacial score (nSPS) is 35.8. The van der Waals surface area contributed by atoms with E-state index in [9.17, 15) is 13.2 Å². The Hall–Kier alpha value is -1.91. The summed E-state index contributed by atoms with van der Waals surface area (Å²) in [5, 5.41) is -0.200. The highest BCUT2D eigenvalue weighted by molar-refractivity contribution is 6.30. The van der Waals surface area contributed by atoms with Crippen LogP contribution in [0.15, 0.2) is 6.20 Å². The highest BCUT2D eigenvalue weighted by Crippen LogP contribution is 2.45. The minimum Gasteiger partial charge on any atom is -0.461 e. The van der Waals surface area contributed by atoms with E-state index in [-0.39, 0.29) is 42.2 Å². The Morgan fingerprint density at radius 2 is 2.22 bits per heavy atom. The van der Waals surface area contributed by atoms with E-state index in [1.807, 2.05) is 0 Å². The first-order valence-corrected chi connectivity index (χ1v) is 11.2. The molecule has 7 nitrogen and oxygen atoms in total. The molecule has 5 atom stereocenters. The molecule has 172 valence electrons. The second-order valence-corrected chi connectivity index (χ2v) is 9.27. The lowest BCUT2D eigenvalue weighted by Gasteiger charge is -2.31. The van der Waals surface area contributed by atoms with Gasteiger partial charge in [0.1, 0.15) is 30.2 Å². The monoisotopic (exact) mass is 471 g/mol. The lowest BCUT2D eigenvalue weighted by Crippen LogP contribution is -2.43. The Labute approximate surface area is 190 Å². The van der Waals surface area contributed by atoms with E-state index in [4.69, 9.17) is 23.8 Å². The fourth-order valence-corrected chi connectivity index (χ4v) is 5.49. The van der Waals surface area contributed by atoms with Gasteiger partial charge in [-0.2, -0.15) is 9.97 Å². The van der Waals surface area contributed by atoms with Gasteiger partial charge in [-0.05, 0) is 19.4 Å². The zero-order valence-electron chi connectivity index (χ0n) is 19.1. The Morgan fingerprint density at radius 1 is 1.34 bits per heavy atom. The van der Waals surface area contributed by atoms with Gasteiger partial charge >= 0.3 is 6.01 Å². The third kappa shape index (κ3) is 3.21. The number of hydrogen-bond donors (Lipinski definition) is 0. The van der Waals surface area contributed by atoms with E-state index in [0.717, 1.165) is 0 Å². The average Bonchev–Trinajstić information content (AvgIpc) is 3.14. The lowest BCUT2D eigenvalue weighted by molar-refractivity contribution is 0.107. The molecule has 4 aliphatic rings. The summed E-state index contributed by atoms with van der Waals surface area (Å²) in [5.74, 6) is -1.07. The van der Waals surface area contributed by atoms with Crippen molar-refractivity contribution in [2.45, 2.75) is 43.2 Å². The van der Waals surface area contributed by atoms with Gasteiger partial charge in [0.2, 0.25) is 0 Å². The number of nitrogens with zero attached hydrogens (tertiary/aromatic N) is 5. The van der Waals surface area contributed by atoms with Gasteiger partial charge in [-0.15, -0.1) is 0 Å². The smallest absolute Gasteiger partial charge is 0.319 e. The number of pyridine rings is 1. The maximum absolute atomic E-state index is 15.0. The van der Waals surface area contributed by atoms with E-state index in [1.165, 1.54) is 6.20 Å². The molecule has 0 radical (unpaired) electrons. The molecule has 5 heterocycles. The summed E-state index contributed by atoms with van der Waals surface area (Å²) >= 11 is 5.89. The molecule has 32 heavy (non-hydrogen) atoms. The molecule has 0 unspecified atom stereocenters. The summed E-state index contributed by atoms with van der Waals surface area (Å²) in [6, 6.07) is -0.926. The van der Waals surface area contributed by atoms with Crippen LogP contribution in [0.25, 0.3) is 10.9 Å². The van der Waals surface area contributed by atoms with Crippen LogP contribution < -0.4 is 9.64 Å². The average molecular weight is 472 g/mol. The Balaban J connectivity index is 1.44. The van der Waals surface area contributed by atoms with Crippen LogP contribution in [0.3, 0.4) is 0 Å². The Morgan fingerprint density at radius 3 is 3.09 bits per heavy atom. The molecule has 2 aromatic rings. The minimum atomic E-state index is -2.35. The molecular weight excluding hydrogens is 447 g/mol. The first kappa shape index (κ1) is 18.5. The van der Waals surface area contributed by atoms with Crippen molar-refractivity contribution in [3.05, 3.63) is 17.2 Å². The summed E-state index contributed by atoms with van der Waals surface area (Å²) in [4.78, 5) is 15.8. The Kier molecular flexibility index (Phi) is 4.37. The van der Waals surface area contributed by atoms with E-state index in [1.54, 1.807) is 9.80 Å². The SMILES string of the molecule is [2H]C([2H])(Oc1nc(N2CCOC[C@H]3[C@@H](F)[C@H]32)c2cnc(Cl)c(F)c2n1)[C@@]12CCCN1C[C@H](F)C2. The van der Waals surface area contributed by atoms with Gasteiger partial charge < -0.3 is 14.4 Å². The van der Waals surface area contributed by atoms with Crippen LogP contribution in [0.1, 0.15) is 22.0 Å². The number of hydrogen-bond acceptors (Lipinski definition) is 7. The topological polar surface area (TPSA) is 63.6 Å². The fraction of sp³-hybridized carbons (Fsp3) is 0.667. The number of aromatic nitrogens is 3. The lowest BCUT2D eigenvalue weighted by atomic mass is 9.95. The summed E-state index contributed by atoms with van der Waals surface area (Å²) in [5.41, 5.74) is -1.37. The van der Waals surface area contributed by atoms with Crippen LogP contribution in [0.5, 0.6) is 6.01 Å². The van der Waals surface area contributed by atoms with Gasteiger partial charge in [0.25, 0.3) is 0 Å². The second kappa shape index (κ2) is 7.56. The van der Waals surface area contributed by atoms with Crippen LogP contribution in [0.4, 0.5) is 19.0 Å². The quantitative estimate of drug-likeness (QED) is 0.635. The van der Waals surface area contributed by atoms with Gasteiger partial charge in [-0.25, -0.2) is 18.2 Å². The van der Waals surface area contributed by atoms with Crippen molar-refractivity contribution in [2.24, 2.45) is 5.92 Å². The van der Waals surface area contributed by atoms with E-state index >= 15 is 0 Å². The van der Waals surface area contributed by atoms with Crippen molar-refractivity contribution in [2.75, 3.05) is 44.3 Å². The first-order chi connectivity index (χ1) is 16.2. The van der Waals surface area contributed by atoms with Crippen molar-refractivity contribution in [3.8, 4) is 6.01 Å². The summed E-state index contributed by atoms with van der Waals surface area (Å²) in [6.45, 7) is -0.754. The molecule has 11 heteroatoms. The number of rotatable bonds is 4. The molecule has 0 amide bonds. The van der Waals surface area contributed by atoms with Crippen molar-refractivity contribution in [1.82, 2.24) is 19.9 Å². The van der Waals surface area contributed by atoms with Crippen molar-refractivity contribution in [3.63, 3.8) is 0 Å². The van der Waals surface area contributed by atoms with Crippen molar-refractivity contribution >= 4 is 28.3 Å². The van der Waals surface area contributed by atoms with E-state index in [0.29, 0.717) is 32.5 Å². The highest BCUT2D eigenvalue weighted by Gasteiger charge is 2.56. The molecule has 6 rings (SSSR count). The predicted molar refractivity (Wildman–Crippen MR) is 111 cm³/mol. The van der Waals surface area contributed by atoms with Gasteiger partial charge in [0.05, 0.1) is 32.9 Å². The van der Waals surface area contributed by atoms with Crippen LogP contribution in [0, 0.1) is 11.7 Å². The molecule has 1 aliphatic carbocycles. The predicted octanol–water partition coefficient (Wildman–Crippen LogP) is 2.95. The fourth-order valence-electron chi connectivity index (χ4n) is 5.35. The summed E-state index contributed by atoms with van der Waals surface area (Å²) in [6.07, 6.45) is 0.136. The third-order valence-corrected chi connectivity index (χ3v) is 7.25. The number of fused-ring (bicyclic) bond motifs is 3. The molecular formula is C21H23ClF3N5O2. The van der Waals surface area contributed by atoms with Gasteiger partial charge in [0.15, 0.2) is 11.0 Å². The zero-order chi connectivity index (χ0) is 23.8. The van der Waals surface area contributed by atoms with Gasteiger partial charge in [0, 0.05) is 31.6 Å². The number of ether oxygens (including phenoxy) is 2. The van der Waals surface area contributed by atoms with E-state index < -0.39 is 47.5 Å². The second-order valence-electron chi connectivity index (χ2n) is 8.91. The van der Waals surface area contributed by atoms with Gasteiger partial charge in [-0.3, -0.25) is 4.90 Å². The molecule has 4 fully saturated rings. The van der Waals surface area contributed by atoms with Crippen LogP contribution in [-0.4, -0.2) is 83.2 Å². The largest absolute Gasteiger partial charge is 0.461 e. The molecule has 2 aromatic heterocycles. The summed E-state index contributed by atoms with van der Waals surface area (Å²) in [7, 11) is 0. The van der Waals surface area contributed by atoms with Crippen molar-refractivity contribution in [1.29, 1.82) is 0 Å². The molecule has 3 aliphatic heterocycles. The minimum absolute atomic E-state index is 0.0126. The van der Waals surface area contributed by atoms with Crippen LogP contribution >= 0.6 is 11.6 Å². The molecule has 0 spiro atoms. The molecule has 3 saturated heterocycles. The maximum atomic E-state index is 15.0. The molecule has 1 saturated carbocycles. The van der Waals surface area contributed by atoms with Gasteiger partial charge in [-0.1, -0.05) is 11.6 Å². The molecule has 0 aromatic carbocycles. The Bertz CT molecular complexity index is 1150. The standard InChI is InChI=1S/C21H23ClF3N5O2/c22-18-15(25)16-12(7-26-18)19(30-4-5-31-9-13-14(24)17(13)30)28-20(27-16)32-10-21-2-1-3-29(21)8-11(23)6-21/h7,11,13-14,17H,1-6,8-10H2/t11-,13+,14-,17+,21+/m1/s1/i10D2. The van der Waals surface area contributed by atoms with E-state index in [2.05, 4.69) is 15.0 Å². The third-order valence-electron chi connectivity index (χ3n) is 6.99. The number of alkyl halides is 2. The zero-order valence-corrected chi connectivity index (χ0v) is 17.9. The highest BCUT2D eigenvalue weighted by atomic mass is 35.5. The maximum Gasteiger partial charge on any atom is 0.319 e. The molecule has 0 N–H and O–H groups in total.